The van der Waals surface area contributed by atoms with Crippen molar-refractivity contribution in [2.75, 3.05) is 6.61 Å². The van der Waals surface area contributed by atoms with Crippen molar-refractivity contribution in [1.82, 2.24) is 0 Å². The molecule has 0 bridgehead atoms. The highest BCUT2D eigenvalue weighted by Gasteiger charge is 2.35. The van der Waals surface area contributed by atoms with E-state index in [-0.39, 0.29) is 12.1 Å². The van der Waals surface area contributed by atoms with E-state index in [1.807, 2.05) is 44.2 Å². The summed E-state index contributed by atoms with van der Waals surface area (Å²) in [6.07, 6.45) is -0.0741. The van der Waals surface area contributed by atoms with Crippen LogP contribution in [0.2, 0.25) is 0 Å². The lowest BCUT2D eigenvalue weighted by Gasteiger charge is -2.39. The van der Waals surface area contributed by atoms with Crippen LogP contribution < -0.4 is 5.73 Å². The van der Waals surface area contributed by atoms with E-state index in [4.69, 9.17) is 15.2 Å². The summed E-state index contributed by atoms with van der Waals surface area (Å²) in [7, 11) is 0. The van der Waals surface area contributed by atoms with Gasteiger partial charge in [-0.25, -0.2) is 0 Å². The molecule has 2 unspecified atom stereocenters. The van der Waals surface area contributed by atoms with Crippen LogP contribution in [-0.4, -0.2) is 18.4 Å². The van der Waals surface area contributed by atoms with Crippen LogP contribution >= 0.6 is 0 Å². The molecular weight excluding hydrogens is 190 g/mol. The summed E-state index contributed by atoms with van der Waals surface area (Å²) in [4.78, 5) is 0. The zero-order chi connectivity index (χ0) is 10.9. The number of ether oxygens (including phenoxy) is 2. The fourth-order valence-corrected chi connectivity index (χ4v) is 1.77. The van der Waals surface area contributed by atoms with E-state index in [2.05, 4.69) is 0 Å². The Kier molecular flexibility index (Phi) is 2.78. The highest BCUT2D eigenvalue weighted by molar-refractivity contribution is 5.19. The summed E-state index contributed by atoms with van der Waals surface area (Å²) in [6, 6.07) is 9.94. The summed E-state index contributed by atoms with van der Waals surface area (Å²) in [6.45, 7) is 4.36. The zero-order valence-corrected chi connectivity index (χ0v) is 9.14. The van der Waals surface area contributed by atoms with Crippen LogP contribution in [0.15, 0.2) is 30.3 Å². The predicted octanol–water partition coefficient (Wildman–Crippen LogP) is 1.84. The van der Waals surface area contributed by atoms with Crippen molar-refractivity contribution in [2.24, 2.45) is 5.73 Å². The average molecular weight is 207 g/mol. The minimum Gasteiger partial charge on any atom is -0.349 e. The maximum atomic E-state index is 5.98. The smallest absolute Gasteiger partial charge is 0.163 e. The first-order valence-electron chi connectivity index (χ1n) is 5.21. The van der Waals surface area contributed by atoms with E-state index in [0.29, 0.717) is 6.61 Å². The van der Waals surface area contributed by atoms with Crippen molar-refractivity contribution in [3.05, 3.63) is 35.9 Å². The van der Waals surface area contributed by atoms with Crippen molar-refractivity contribution >= 4 is 0 Å². The largest absolute Gasteiger partial charge is 0.349 e. The first-order valence-corrected chi connectivity index (χ1v) is 5.21. The Morgan fingerprint density at radius 2 is 1.93 bits per heavy atom. The third kappa shape index (κ3) is 2.37. The van der Waals surface area contributed by atoms with Crippen molar-refractivity contribution in [3.63, 3.8) is 0 Å². The molecule has 2 rings (SSSR count). The molecule has 1 aromatic rings. The summed E-state index contributed by atoms with van der Waals surface area (Å²) in [5.74, 6) is -0.545. The summed E-state index contributed by atoms with van der Waals surface area (Å²) in [5.41, 5.74) is 7.09. The van der Waals surface area contributed by atoms with Gasteiger partial charge < -0.3 is 15.2 Å². The lowest BCUT2D eigenvalue weighted by molar-refractivity contribution is -0.281. The molecule has 1 fully saturated rings. The molecule has 1 aliphatic heterocycles. The second kappa shape index (κ2) is 3.93. The predicted molar refractivity (Wildman–Crippen MR) is 58.3 cm³/mol. The highest BCUT2D eigenvalue weighted by Crippen LogP contribution is 2.31. The molecule has 0 saturated carbocycles. The molecule has 0 aliphatic carbocycles. The van der Waals surface area contributed by atoms with Gasteiger partial charge in [0, 0.05) is 0 Å². The van der Waals surface area contributed by atoms with Crippen LogP contribution in [0, 0.1) is 0 Å². The SMILES string of the molecule is CC1(C)OCC(N)C(c2ccccc2)O1. The molecule has 0 aromatic heterocycles. The Labute approximate surface area is 90.2 Å². The van der Waals surface area contributed by atoms with Gasteiger partial charge in [-0.3, -0.25) is 0 Å². The van der Waals surface area contributed by atoms with Gasteiger partial charge in [-0.05, 0) is 19.4 Å². The maximum Gasteiger partial charge on any atom is 0.163 e. The van der Waals surface area contributed by atoms with Gasteiger partial charge in [-0.2, -0.15) is 0 Å². The van der Waals surface area contributed by atoms with E-state index in [0.717, 1.165) is 5.56 Å². The highest BCUT2D eigenvalue weighted by atomic mass is 16.7. The topological polar surface area (TPSA) is 44.5 Å². The molecule has 2 N–H and O–H groups in total. The molecule has 1 aliphatic rings. The van der Waals surface area contributed by atoms with E-state index in [9.17, 15) is 0 Å². The number of hydrogen-bond donors (Lipinski definition) is 1. The molecular formula is C12H17NO2. The molecule has 3 heteroatoms. The van der Waals surface area contributed by atoms with Gasteiger partial charge in [0.1, 0.15) is 6.10 Å². The van der Waals surface area contributed by atoms with E-state index in [1.54, 1.807) is 0 Å². The molecule has 82 valence electrons. The second-order valence-electron chi connectivity index (χ2n) is 4.32. The van der Waals surface area contributed by atoms with Gasteiger partial charge in [0.15, 0.2) is 5.79 Å². The zero-order valence-electron chi connectivity index (χ0n) is 9.14. The molecule has 0 radical (unpaired) electrons. The monoisotopic (exact) mass is 207 g/mol. The van der Waals surface area contributed by atoms with Gasteiger partial charge in [0.2, 0.25) is 0 Å². The average Bonchev–Trinajstić information content (AvgIpc) is 2.23. The molecule has 0 spiro atoms. The van der Waals surface area contributed by atoms with Crippen molar-refractivity contribution in [2.45, 2.75) is 31.8 Å². The van der Waals surface area contributed by atoms with Crippen LogP contribution in [0.25, 0.3) is 0 Å². The Morgan fingerprint density at radius 3 is 2.60 bits per heavy atom. The quantitative estimate of drug-likeness (QED) is 0.764. The van der Waals surface area contributed by atoms with Crippen LogP contribution in [0.4, 0.5) is 0 Å². The standard InChI is InChI=1S/C12H17NO2/c1-12(2)14-8-10(13)11(15-12)9-6-4-3-5-7-9/h3-7,10-11H,8,13H2,1-2H3. The van der Waals surface area contributed by atoms with Gasteiger partial charge in [0.05, 0.1) is 12.6 Å². The van der Waals surface area contributed by atoms with Gasteiger partial charge in [-0.1, -0.05) is 30.3 Å². The molecule has 1 aromatic carbocycles. The van der Waals surface area contributed by atoms with Crippen LogP contribution in [0.3, 0.4) is 0 Å². The molecule has 2 atom stereocenters. The minimum atomic E-state index is -0.545. The summed E-state index contributed by atoms with van der Waals surface area (Å²) >= 11 is 0. The molecule has 1 saturated heterocycles. The fraction of sp³-hybridized carbons (Fsp3) is 0.500. The lowest BCUT2D eigenvalue weighted by atomic mass is 10.0. The van der Waals surface area contributed by atoms with E-state index < -0.39 is 5.79 Å². The molecule has 3 nitrogen and oxygen atoms in total. The molecule has 0 amide bonds. The van der Waals surface area contributed by atoms with Gasteiger partial charge in [0.25, 0.3) is 0 Å². The van der Waals surface area contributed by atoms with E-state index >= 15 is 0 Å². The van der Waals surface area contributed by atoms with Crippen LogP contribution in [0.1, 0.15) is 25.5 Å². The third-order valence-corrected chi connectivity index (χ3v) is 2.55. The van der Waals surface area contributed by atoms with Gasteiger partial charge >= 0.3 is 0 Å². The number of benzene rings is 1. The Morgan fingerprint density at radius 1 is 1.27 bits per heavy atom. The summed E-state index contributed by atoms with van der Waals surface area (Å²) < 4.78 is 11.3. The number of nitrogens with two attached hydrogens (primary N) is 1. The maximum absolute atomic E-state index is 5.98. The lowest BCUT2D eigenvalue weighted by Crippen LogP contribution is -2.48. The fourth-order valence-electron chi connectivity index (χ4n) is 1.77. The molecule has 15 heavy (non-hydrogen) atoms. The van der Waals surface area contributed by atoms with Crippen molar-refractivity contribution in [1.29, 1.82) is 0 Å². The number of rotatable bonds is 1. The van der Waals surface area contributed by atoms with Gasteiger partial charge in [-0.15, -0.1) is 0 Å². The third-order valence-electron chi connectivity index (χ3n) is 2.55. The first-order chi connectivity index (χ1) is 7.08. The summed E-state index contributed by atoms with van der Waals surface area (Å²) in [5, 5.41) is 0. The van der Waals surface area contributed by atoms with Crippen LogP contribution in [-0.2, 0) is 9.47 Å². The van der Waals surface area contributed by atoms with E-state index in [1.165, 1.54) is 0 Å². The Hall–Kier alpha value is -0.900. The Balaban J connectivity index is 2.20. The Bertz CT molecular complexity index is 324. The second-order valence-corrected chi connectivity index (χ2v) is 4.32. The van der Waals surface area contributed by atoms with Crippen molar-refractivity contribution in [3.8, 4) is 0 Å². The van der Waals surface area contributed by atoms with Crippen molar-refractivity contribution < 1.29 is 9.47 Å². The minimum absolute atomic E-state index is 0.0741. The normalized spacial score (nSPS) is 30.1. The first kappa shape index (κ1) is 10.6. The molecule has 1 heterocycles. The number of hydrogen-bond acceptors (Lipinski definition) is 3. The van der Waals surface area contributed by atoms with Crippen LogP contribution in [0.5, 0.6) is 0 Å².